The van der Waals surface area contributed by atoms with E-state index in [2.05, 4.69) is 65.8 Å². The molecule has 4 aromatic rings. The molecule has 0 bridgehead atoms. The third-order valence-electron chi connectivity index (χ3n) is 7.75. The van der Waals surface area contributed by atoms with Crippen LogP contribution in [0.3, 0.4) is 0 Å². The van der Waals surface area contributed by atoms with Gasteiger partial charge in [0.05, 0.1) is 22.6 Å². The lowest BCUT2D eigenvalue weighted by molar-refractivity contribution is 0.0696. The van der Waals surface area contributed by atoms with Crippen molar-refractivity contribution in [3.05, 3.63) is 95.1 Å². The molecule has 42 heavy (non-hydrogen) atoms. The van der Waals surface area contributed by atoms with Gasteiger partial charge < -0.3 is 10.0 Å². The van der Waals surface area contributed by atoms with E-state index in [4.69, 9.17) is 5.10 Å². The third kappa shape index (κ3) is 6.31. The monoisotopic (exact) mass is 581 g/mol. The minimum atomic E-state index is -0.959. The number of amides is 1. The van der Waals surface area contributed by atoms with Gasteiger partial charge in [-0.3, -0.25) is 4.79 Å². The van der Waals surface area contributed by atoms with Gasteiger partial charge in [-0.25, -0.2) is 9.48 Å². The molecule has 3 aromatic carbocycles. The maximum Gasteiger partial charge on any atom is 0.335 e. The number of rotatable bonds is 5. The molecular weight excluding hydrogens is 542 g/mol. The van der Waals surface area contributed by atoms with Crippen LogP contribution in [0.2, 0.25) is 0 Å². The second kappa shape index (κ2) is 11.4. The molecule has 0 unspecified atom stereocenters. The summed E-state index contributed by atoms with van der Waals surface area (Å²) in [5, 5.41) is 14.4. The van der Waals surface area contributed by atoms with Crippen molar-refractivity contribution in [1.82, 2.24) is 14.7 Å². The molecule has 0 atom stereocenters. The minimum Gasteiger partial charge on any atom is -0.478 e. The normalized spacial score (nSPS) is 14.2. The summed E-state index contributed by atoms with van der Waals surface area (Å²) in [6.45, 7) is 14.9. The van der Waals surface area contributed by atoms with Crippen LogP contribution in [0.25, 0.3) is 28.2 Å². The van der Waals surface area contributed by atoms with Crippen molar-refractivity contribution >= 4 is 23.6 Å². The third-order valence-corrected chi connectivity index (χ3v) is 8.70. The molecule has 0 aliphatic carbocycles. The summed E-state index contributed by atoms with van der Waals surface area (Å²) in [5.74, 6) is 1.05. The molecule has 1 aliphatic heterocycles. The van der Waals surface area contributed by atoms with E-state index < -0.39 is 5.97 Å². The van der Waals surface area contributed by atoms with Crippen molar-refractivity contribution in [2.45, 2.75) is 52.4 Å². The Morgan fingerprint density at radius 1 is 0.738 bits per heavy atom. The molecule has 6 nitrogen and oxygen atoms in total. The molecule has 0 saturated carbocycles. The average molecular weight is 582 g/mol. The van der Waals surface area contributed by atoms with Crippen LogP contribution in [0.4, 0.5) is 0 Å². The first kappa shape index (κ1) is 29.6. The maximum absolute atomic E-state index is 13.1. The molecule has 1 amide bonds. The molecule has 1 fully saturated rings. The van der Waals surface area contributed by atoms with E-state index in [9.17, 15) is 14.7 Å². The number of thioether (sulfide) groups is 1. The van der Waals surface area contributed by atoms with Crippen LogP contribution >= 0.6 is 11.8 Å². The minimum absolute atomic E-state index is 0.0503. The molecule has 2 heterocycles. The van der Waals surface area contributed by atoms with Gasteiger partial charge >= 0.3 is 5.97 Å². The standard InChI is InChI=1S/C35H39N3O3S/c1-34(2,3)27-19-26(20-28(21-27)35(4,5)6)31-22-30(23-7-9-25(10-8-23)33(40)41)36-38(31)29-13-11-24(12-14-29)32(39)37-15-17-42-18-16-37/h7-14,19-22H,15-18H2,1-6H3,(H,40,41). The Kier molecular flexibility index (Phi) is 8.08. The molecule has 218 valence electrons. The number of hydrogen-bond donors (Lipinski definition) is 1. The number of aromatic carboxylic acids is 1. The zero-order chi connectivity index (χ0) is 30.2. The zero-order valence-corrected chi connectivity index (χ0v) is 26.1. The molecule has 1 aliphatic rings. The van der Waals surface area contributed by atoms with Crippen molar-refractivity contribution in [2.75, 3.05) is 24.6 Å². The second-order valence-corrected chi connectivity index (χ2v) is 14.2. The lowest BCUT2D eigenvalue weighted by Crippen LogP contribution is -2.37. The summed E-state index contributed by atoms with van der Waals surface area (Å²) < 4.78 is 1.93. The zero-order valence-electron chi connectivity index (χ0n) is 25.3. The lowest BCUT2D eigenvalue weighted by Gasteiger charge is -2.26. The van der Waals surface area contributed by atoms with Gasteiger partial charge in [0.2, 0.25) is 0 Å². The smallest absolute Gasteiger partial charge is 0.335 e. The summed E-state index contributed by atoms with van der Waals surface area (Å²) >= 11 is 1.88. The Bertz CT molecular complexity index is 1570. The predicted molar refractivity (Wildman–Crippen MR) is 172 cm³/mol. The highest BCUT2D eigenvalue weighted by atomic mass is 32.2. The number of carbonyl (C=O) groups is 2. The quantitative estimate of drug-likeness (QED) is 0.262. The van der Waals surface area contributed by atoms with E-state index in [0.717, 1.165) is 52.8 Å². The molecule has 0 spiro atoms. The largest absolute Gasteiger partial charge is 0.478 e. The van der Waals surface area contributed by atoms with Gasteiger partial charge in [0.15, 0.2) is 0 Å². The van der Waals surface area contributed by atoms with Crippen LogP contribution in [-0.4, -0.2) is 56.3 Å². The Balaban J connectivity index is 1.63. The van der Waals surface area contributed by atoms with Gasteiger partial charge in [-0.15, -0.1) is 0 Å². The van der Waals surface area contributed by atoms with Gasteiger partial charge in [-0.2, -0.15) is 16.9 Å². The van der Waals surface area contributed by atoms with E-state index in [-0.39, 0.29) is 22.3 Å². The van der Waals surface area contributed by atoms with E-state index in [1.54, 1.807) is 24.3 Å². The van der Waals surface area contributed by atoms with Crippen LogP contribution < -0.4 is 0 Å². The number of benzene rings is 3. The SMILES string of the molecule is CC(C)(C)c1cc(-c2cc(-c3ccc(C(=O)O)cc3)nn2-c2ccc(C(=O)N3CCSCC3)cc2)cc(C(C)(C)C)c1. The average Bonchev–Trinajstić information content (AvgIpc) is 3.42. The van der Waals surface area contributed by atoms with Crippen LogP contribution in [0, 0.1) is 0 Å². The first-order chi connectivity index (χ1) is 19.8. The lowest BCUT2D eigenvalue weighted by atomic mass is 9.79. The van der Waals surface area contributed by atoms with Crippen LogP contribution in [0.5, 0.6) is 0 Å². The molecule has 1 N–H and O–H groups in total. The van der Waals surface area contributed by atoms with E-state index in [1.165, 1.54) is 11.1 Å². The summed E-state index contributed by atoms with van der Waals surface area (Å²) in [5.41, 5.74) is 7.70. The number of carboxylic acids is 1. The Morgan fingerprint density at radius 2 is 1.29 bits per heavy atom. The molecule has 7 heteroatoms. The van der Waals surface area contributed by atoms with Crippen molar-refractivity contribution in [1.29, 1.82) is 0 Å². The van der Waals surface area contributed by atoms with E-state index >= 15 is 0 Å². The fourth-order valence-electron chi connectivity index (χ4n) is 5.04. The van der Waals surface area contributed by atoms with Gasteiger partial charge in [0.1, 0.15) is 0 Å². The second-order valence-electron chi connectivity index (χ2n) is 13.0. The Labute approximate surface area is 252 Å². The van der Waals surface area contributed by atoms with Crippen LogP contribution in [-0.2, 0) is 10.8 Å². The highest BCUT2D eigenvalue weighted by Gasteiger charge is 2.24. The number of carboxylic acid groups (broad SMARTS) is 1. The van der Waals surface area contributed by atoms with Crippen molar-refractivity contribution in [2.24, 2.45) is 0 Å². The molecular formula is C35H39N3O3S. The molecule has 1 saturated heterocycles. The summed E-state index contributed by atoms with van der Waals surface area (Å²) in [7, 11) is 0. The first-order valence-electron chi connectivity index (χ1n) is 14.4. The summed E-state index contributed by atoms with van der Waals surface area (Å²) in [4.78, 5) is 26.5. The van der Waals surface area contributed by atoms with E-state index in [1.807, 2.05) is 45.6 Å². The van der Waals surface area contributed by atoms with Gasteiger partial charge in [0, 0.05) is 41.3 Å². The highest BCUT2D eigenvalue weighted by Crippen LogP contribution is 2.36. The van der Waals surface area contributed by atoms with Crippen LogP contribution in [0.1, 0.15) is 73.4 Å². The number of hydrogen-bond acceptors (Lipinski definition) is 4. The fraction of sp³-hybridized carbons (Fsp3) is 0.343. The highest BCUT2D eigenvalue weighted by molar-refractivity contribution is 7.99. The van der Waals surface area contributed by atoms with Crippen molar-refractivity contribution in [3.8, 4) is 28.2 Å². The Morgan fingerprint density at radius 3 is 1.81 bits per heavy atom. The summed E-state index contributed by atoms with van der Waals surface area (Å²) in [6, 6.07) is 23.3. The van der Waals surface area contributed by atoms with Crippen LogP contribution in [0.15, 0.2) is 72.8 Å². The first-order valence-corrected chi connectivity index (χ1v) is 15.5. The topological polar surface area (TPSA) is 75.4 Å². The summed E-state index contributed by atoms with van der Waals surface area (Å²) in [6.07, 6.45) is 0. The maximum atomic E-state index is 13.1. The van der Waals surface area contributed by atoms with Crippen molar-refractivity contribution < 1.29 is 14.7 Å². The van der Waals surface area contributed by atoms with E-state index in [0.29, 0.717) is 5.56 Å². The van der Waals surface area contributed by atoms with Gasteiger partial charge in [-0.05, 0) is 76.6 Å². The number of aromatic nitrogens is 2. The Hall–Kier alpha value is -3.84. The molecule has 5 rings (SSSR count). The van der Waals surface area contributed by atoms with Crippen molar-refractivity contribution in [3.63, 3.8) is 0 Å². The van der Waals surface area contributed by atoms with Gasteiger partial charge in [0.25, 0.3) is 5.91 Å². The fourth-order valence-corrected chi connectivity index (χ4v) is 5.95. The number of nitrogens with zero attached hydrogens (tertiary/aromatic N) is 3. The molecule has 1 aromatic heterocycles. The number of carbonyl (C=O) groups excluding carboxylic acids is 1. The predicted octanol–water partition coefficient (Wildman–Crippen LogP) is 7.69. The molecule has 0 radical (unpaired) electrons. The van der Waals surface area contributed by atoms with Gasteiger partial charge in [-0.1, -0.05) is 59.7 Å².